The molecule has 1 aromatic carbocycles. The normalized spacial score (nSPS) is 28.2. The van der Waals surface area contributed by atoms with Crippen LogP contribution in [0, 0.1) is 0 Å². The molecule has 1 fully saturated rings. The number of hydrogen-bond donors (Lipinski definition) is 1. The second-order valence-electron chi connectivity index (χ2n) is 4.81. The topological polar surface area (TPSA) is 21.3 Å². The lowest BCUT2D eigenvalue weighted by molar-refractivity contribution is 0.244. The summed E-state index contributed by atoms with van der Waals surface area (Å²) in [5, 5.41) is 3.81. The second kappa shape index (κ2) is 5.32. The van der Waals surface area contributed by atoms with Crippen molar-refractivity contribution >= 4 is 11.8 Å². The number of benzene rings is 1. The predicted molar refractivity (Wildman–Crippen MR) is 72.8 cm³/mol. The third-order valence-electron chi connectivity index (χ3n) is 3.56. The van der Waals surface area contributed by atoms with E-state index in [0.29, 0.717) is 12.1 Å². The van der Waals surface area contributed by atoms with Gasteiger partial charge in [-0.05, 0) is 24.7 Å². The zero-order valence-corrected chi connectivity index (χ0v) is 10.8. The first kappa shape index (κ1) is 11.4. The van der Waals surface area contributed by atoms with E-state index in [1.54, 1.807) is 0 Å². The largest absolute Gasteiger partial charge is 0.493 e. The Labute approximate surface area is 107 Å². The molecular weight excluding hydrogens is 230 g/mol. The van der Waals surface area contributed by atoms with Gasteiger partial charge in [-0.3, -0.25) is 0 Å². The molecule has 0 unspecified atom stereocenters. The van der Waals surface area contributed by atoms with Gasteiger partial charge in [0.1, 0.15) is 5.75 Å². The molecule has 2 nitrogen and oxygen atoms in total. The van der Waals surface area contributed by atoms with E-state index in [4.69, 9.17) is 4.74 Å². The van der Waals surface area contributed by atoms with Gasteiger partial charge in [0.25, 0.3) is 0 Å². The van der Waals surface area contributed by atoms with Crippen molar-refractivity contribution in [2.45, 2.75) is 31.3 Å². The third-order valence-corrected chi connectivity index (χ3v) is 4.77. The van der Waals surface area contributed by atoms with Gasteiger partial charge in [0.15, 0.2) is 0 Å². The Morgan fingerprint density at radius 1 is 1.24 bits per heavy atom. The fourth-order valence-electron chi connectivity index (χ4n) is 2.67. The van der Waals surface area contributed by atoms with E-state index in [1.165, 1.54) is 29.9 Å². The van der Waals surface area contributed by atoms with Gasteiger partial charge in [0.2, 0.25) is 0 Å². The summed E-state index contributed by atoms with van der Waals surface area (Å²) in [6.45, 7) is 0.842. The van der Waals surface area contributed by atoms with E-state index in [9.17, 15) is 0 Å². The molecule has 2 heterocycles. The maximum Gasteiger partial charge on any atom is 0.124 e. The van der Waals surface area contributed by atoms with Crippen LogP contribution < -0.4 is 10.1 Å². The molecule has 3 heteroatoms. The average molecular weight is 249 g/mol. The quantitative estimate of drug-likeness (QED) is 0.870. The van der Waals surface area contributed by atoms with Crippen LogP contribution in [0.3, 0.4) is 0 Å². The molecule has 0 radical (unpaired) electrons. The van der Waals surface area contributed by atoms with Crippen molar-refractivity contribution in [1.29, 1.82) is 0 Å². The van der Waals surface area contributed by atoms with Crippen molar-refractivity contribution in [1.82, 2.24) is 5.32 Å². The molecule has 1 saturated heterocycles. The molecule has 1 aromatic rings. The molecule has 2 aliphatic heterocycles. The van der Waals surface area contributed by atoms with Crippen LogP contribution in [0.2, 0.25) is 0 Å². The SMILES string of the molecule is c1ccc2c(c1)OCC[C@@H]2N[C@@H]1CCCSC1. The molecule has 0 saturated carbocycles. The van der Waals surface area contributed by atoms with Crippen LogP contribution in [0.25, 0.3) is 0 Å². The van der Waals surface area contributed by atoms with Crippen molar-refractivity contribution in [3.05, 3.63) is 29.8 Å². The van der Waals surface area contributed by atoms with Gasteiger partial charge in [0, 0.05) is 29.8 Å². The number of thioether (sulfide) groups is 1. The number of fused-ring (bicyclic) bond motifs is 1. The number of ether oxygens (including phenoxy) is 1. The Hall–Kier alpha value is -0.670. The average Bonchev–Trinajstić information content (AvgIpc) is 2.40. The highest BCUT2D eigenvalue weighted by Crippen LogP contribution is 2.32. The van der Waals surface area contributed by atoms with Gasteiger partial charge >= 0.3 is 0 Å². The van der Waals surface area contributed by atoms with Gasteiger partial charge in [-0.25, -0.2) is 0 Å². The Balaban J connectivity index is 1.71. The highest BCUT2D eigenvalue weighted by molar-refractivity contribution is 7.99. The lowest BCUT2D eigenvalue weighted by Gasteiger charge is -2.32. The van der Waals surface area contributed by atoms with Crippen molar-refractivity contribution in [2.75, 3.05) is 18.1 Å². The Bertz CT molecular complexity index is 376. The highest BCUT2D eigenvalue weighted by Gasteiger charge is 2.24. The van der Waals surface area contributed by atoms with E-state index >= 15 is 0 Å². The number of hydrogen-bond acceptors (Lipinski definition) is 3. The van der Waals surface area contributed by atoms with Gasteiger partial charge < -0.3 is 10.1 Å². The minimum Gasteiger partial charge on any atom is -0.493 e. The minimum atomic E-state index is 0.489. The van der Waals surface area contributed by atoms with Crippen LogP contribution in [0.5, 0.6) is 5.75 Å². The first-order valence-electron chi connectivity index (χ1n) is 6.49. The number of para-hydroxylation sites is 1. The number of rotatable bonds is 2. The molecule has 0 bridgehead atoms. The second-order valence-corrected chi connectivity index (χ2v) is 5.96. The van der Waals surface area contributed by atoms with E-state index in [-0.39, 0.29) is 0 Å². The lowest BCUT2D eigenvalue weighted by atomic mass is 9.99. The summed E-state index contributed by atoms with van der Waals surface area (Å²) in [6.07, 6.45) is 3.78. The number of nitrogens with one attached hydrogen (secondary N) is 1. The zero-order chi connectivity index (χ0) is 11.5. The van der Waals surface area contributed by atoms with Crippen LogP contribution in [0.15, 0.2) is 24.3 Å². The molecule has 92 valence electrons. The molecular formula is C14H19NOS. The molecule has 2 aliphatic rings. The summed E-state index contributed by atoms with van der Waals surface area (Å²) in [4.78, 5) is 0. The summed E-state index contributed by atoms with van der Waals surface area (Å²) in [5.74, 6) is 3.67. The van der Waals surface area contributed by atoms with Crippen LogP contribution >= 0.6 is 11.8 Å². The summed E-state index contributed by atoms with van der Waals surface area (Å²) >= 11 is 2.08. The van der Waals surface area contributed by atoms with Gasteiger partial charge in [-0.2, -0.15) is 11.8 Å². The molecule has 17 heavy (non-hydrogen) atoms. The van der Waals surface area contributed by atoms with Crippen molar-refractivity contribution < 1.29 is 4.74 Å². The van der Waals surface area contributed by atoms with E-state index in [2.05, 4.69) is 41.3 Å². The molecule has 0 spiro atoms. The summed E-state index contributed by atoms with van der Waals surface area (Å²) in [7, 11) is 0. The van der Waals surface area contributed by atoms with Gasteiger partial charge in [-0.1, -0.05) is 18.2 Å². The van der Waals surface area contributed by atoms with Gasteiger partial charge in [-0.15, -0.1) is 0 Å². The minimum absolute atomic E-state index is 0.489. The maximum atomic E-state index is 5.70. The van der Waals surface area contributed by atoms with E-state index in [0.717, 1.165) is 18.8 Å². The fourth-order valence-corrected chi connectivity index (χ4v) is 3.76. The lowest BCUT2D eigenvalue weighted by Crippen LogP contribution is -2.38. The van der Waals surface area contributed by atoms with Gasteiger partial charge in [0.05, 0.1) is 6.61 Å². The molecule has 2 atom stereocenters. The highest BCUT2D eigenvalue weighted by atomic mass is 32.2. The monoisotopic (exact) mass is 249 g/mol. The maximum absolute atomic E-state index is 5.70. The van der Waals surface area contributed by atoms with E-state index < -0.39 is 0 Å². The Kier molecular flexibility index (Phi) is 3.57. The Morgan fingerprint density at radius 3 is 3.06 bits per heavy atom. The van der Waals surface area contributed by atoms with Crippen LogP contribution in [-0.4, -0.2) is 24.2 Å². The molecule has 1 N–H and O–H groups in total. The van der Waals surface area contributed by atoms with Crippen LogP contribution in [-0.2, 0) is 0 Å². The van der Waals surface area contributed by atoms with Crippen LogP contribution in [0.1, 0.15) is 30.9 Å². The first-order chi connectivity index (χ1) is 8.43. The van der Waals surface area contributed by atoms with Crippen molar-refractivity contribution in [3.63, 3.8) is 0 Å². The fraction of sp³-hybridized carbons (Fsp3) is 0.571. The first-order valence-corrected chi connectivity index (χ1v) is 7.64. The predicted octanol–water partition coefficient (Wildman–Crippen LogP) is 3.00. The standard InChI is InChI=1S/C14H19NOS/c1-2-6-14-12(5-1)13(7-8-16-14)15-11-4-3-9-17-10-11/h1-2,5-6,11,13,15H,3-4,7-10H2/t11-,13+/m1/s1. The van der Waals surface area contributed by atoms with E-state index in [1.807, 2.05) is 0 Å². The van der Waals surface area contributed by atoms with Crippen LogP contribution in [0.4, 0.5) is 0 Å². The summed E-state index contributed by atoms with van der Waals surface area (Å²) in [5.41, 5.74) is 1.34. The third kappa shape index (κ3) is 2.61. The molecule has 3 rings (SSSR count). The summed E-state index contributed by atoms with van der Waals surface area (Å²) < 4.78 is 5.70. The summed E-state index contributed by atoms with van der Waals surface area (Å²) in [6, 6.07) is 9.62. The molecule has 0 amide bonds. The molecule has 0 aliphatic carbocycles. The molecule has 0 aromatic heterocycles. The van der Waals surface area contributed by atoms with Crippen molar-refractivity contribution in [3.8, 4) is 5.75 Å². The van der Waals surface area contributed by atoms with Crippen molar-refractivity contribution in [2.24, 2.45) is 0 Å². The smallest absolute Gasteiger partial charge is 0.124 e. The zero-order valence-electron chi connectivity index (χ0n) is 10.0. The Morgan fingerprint density at radius 2 is 2.18 bits per heavy atom.